The fraction of sp³-hybridized carbons (Fsp3) is 0.500. The van der Waals surface area contributed by atoms with Gasteiger partial charge < -0.3 is 0 Å². The number of benzene rings is 1. The average Bonchev–Trinajstić information content (AvgIpc) is 2.28. The van der Waals surface area contributed by atoms with E-state index in [0.29, 0.717) is 17.8 Å². The second kappa shape index (κ2) is 5.75. The summed E-state index contributed by atoms with van der Waals surface area (Å²) in [6, 6.07) is 8.97. The Morgan fingerprint density at radius 2 is 1.38 bits per heavy atom. The summed E-state index contributed by atoms with van der Waals surface area (Å²) in [5.41, 5.74) is 2.80. The van der Waals surface area contributed by atoms with Crippen molar-refractivity contribution >= 4 is 0 Å². The standard InChI is InChI=1S/C16H22/c1-6-7-13(4)14(5)16-10-8-15(9-11-16)12(2)3/h8-14H,1-5H3. The van der Waals surface area contributed by atoms with Crippen molar-refractivity contribution in [1.29, 1.82) is 0 Å². The Bertz CT molecular complexity index is 373. The third-order valence-corrected chi connectivity index (χ3v) is 3.25. The van der Waals surface area contributed by atoms with Crippen molar-refractivity contribution < 1.29 is 0 Å². The third-order valence-electron chi connectivity index (χ3n) is 3.25. The molecule has 86 valence electrons. The molecule has 0 aliphatic rings. The Morgan fingerprint density at radius 3 is 1.81 bits per heavy atom. The second-order valence-corrected chi connectivity index (χ2v) is 4.79. The van der Waals surface area contributed by atoms with Gasteiger partial charge in [0, 0.05) is 5.92 Å². The minimum Gasteiger partial charge on any atom is -0.106 e. The molecule has 0 saturated carbocycles. The maximum Gasteiger partial charge on any atom is 0.0240 e. The van der Waals surface area contributed by atoms with Gasteiger partial charge in [0.1, 0.15) is 0 Å². The van der Waals surface area contributed by atoms with Crippen LogP contribution in [-0.2, 0) is 0 Å². The van der Waals surface area contributed by atoms with Crippen molar-refractivity contribution in [3.8, 4) is 11.8 Å². The van der Waals surface area contributed by atoms with Crippen LogP contribution in [-0.4, -0.2) is 0 Å². The van der Waals surface area contributed by atoms with Crippen molar-refractivity contribution in [3.63, 3.8) is 0 Å². The first-order valence-corrected chi connectivity index (χ1v) is 6.08. The molecule has 0 N–H and O–H groups in total. The molecule has 0 aliphatic heterocycles. The summed E-state index contributed by atoms with van der Waals surface area (Å²) in [4.78, 5) is 0. The molecule has 0 heterocycles. The van der Waals surface area contributed by atoms with Crippen LogP contribution in [0.4, 0.5) is 0 Å². The highest BCUT2D eigenvalue weighted by atomic mass is 14.2. The van der Waals surface area contributed by atoms with Crippen LogP contribution < -0.4 is 0 Å². The van der Waals surface area contributed by atoms with E-state index in [9.17, 15) is 0 Å². The summed E-state index contributed by atoms with van der Waals surface area (Å²) in [7, 11) is 0. The largest absolute Gasteiger partial charge is 0.106 e. The van der Waals surface area contributed by atoms with Gasteiger partial charge in [-0.2, -0.15) is 0 Å². The van der Waals surface area contributed by atoms with Gasteiger partial charge in [-0.1, -0.05) is 57.9 Å². The Kier molecular flexibility index (Phi) is 4.62. The Labute approximate surface area is 100 Å². The van der Waals surface area contributed by atoms with E-state index in [1.807, 2.05) is 6.92 Å². The molecule has 1 rings (SSSR count). The first-order chi connectivity index (χ1) is 7.56. The normalized spacial score (nSPS) is 14.1. The van der Waals surface area contributed by atoms with Crippen molar-refractivity contribution in [2.45, 2.75) is 46.5 Å². The SMILES string of the molecule is CC#CC(C)C(C)c1ccc(C(C)C)cc1. The molecule has 16 heavy (non-hydrogen) atoms. The molecule has 0 radical (unpaired) electrons. The molecular weight excluding hydrogens is 192 g/mol. The van der Waals surface area contributed by atoms with Crippen molar-refractivity contribution in [2.24, 2.45) is 5.92 Å². The van der Waals surface area contributed by atoms with E-state index in [1.54, 1.807) is 0 Å². The van der Waals surface area contributed by atoms with Gasteiger partial charge in [-0.25, -0.2) is 0 Å². The highest BCUT2D eigenvalue weighted by Gasteiger charge is 2.12. The van der Waals surface area contributed by atoms with Gasteiger partial charge in [0.05, 0.1) is 0 Å². The minimum absolute atomic E-state index is 0.426. The summed E-state index contributed by atoms with van der Waals surface area (Å²) < 4.78 is 0. The summed E-state index contributed by atoms with van der Waals surface area (Å²) in [6.07, 6.45) is 0. The zero-order valence-electron chi connectivity index (χ0n) is 11.0. The summed E-state index contributed by atoms with van der Waals surface area (Å²) >= 11 is 0. The minimum atomic E-state index is 0.426. The topological polar surface area (TPSA) is 0 Å². The zero-order chi connectivity index (χ0) is 12.1. The fourth-order valence-electron chi connectivity index (χ4n) is 1.83. The lowest BCUT2D eigenvalue weighted by Gasteiger charge is -2.16. The van der Waals surface area contributed by atoms with Crippen LogP contribution in [0, 0.1) is 17.8 Å². The van der Waals surface area contributed by atoms with Crippen molar-refractivity contribution in [2.75, 3.05) is 0 Å². The molecule has 0 fully saturated rings. The molecule has 1 aromatic carbocycles. The predicted octanol–water partition coefficient (Wildman–Crippen LogP) is 4.57. The Morgan fingerprint density at radius 1 is 0.875 bits per heavy atom. The van der Waals surface area contributed by atoms with E-state index in [2.05, 4.69) is 63.8 Å². The molecule has 0 bridgehead atoms. The molecular formula is C16H22. The summed E-state index contributed by atoms with van der Waals surface area (Å²) in [6.45, 7) is 10.8. The van der Waals surface area contributed by atoms with Crippen LogP contribution in [0.25, 0.3) is 0 Å². The first kappa shape index (κ1) is 12.8. The Hall–Kier alpha value is -1.22. The van der Waals surface area contributed by atoms with E-state index in [-0.39, 0.29) is 0 Å². The van der Waals surface area contributed by atoms with Crippen LogP contribution in [0.15, 0.2) is 24.3 Å². The quantitative estimate of drug-likeness (QED) is 0.646. The van der Waals surface area contributed by atoms with Gasteiger partial charge in [0.15, 0.2) is 0 Å². The van der Waals surface area contributed by atoms with Crippen LogP contribution in [0.1, 0.15) is 57.6 Å². The van der Waals surface area contributed by atoms with Gasteiger partial charge in [-0.3, -0.25) is 0 Å². The fourth-order valence-corrected chi connectivity index (χ4v) is 1.83. The molecule has 2 atom stereocenters. The van der Waals surface area contributed by atoms with Crippen LogP contribution in [0.2, 0.25) is 0 Å². The molecule has 0 amide bonds. The molecule has 2 unspecified atom stereocenters. The third kappa shape index (κ3) is 3.14. The molecule has 0 nitrogen and oxygen atoms in total. The monoisotopic (exact) mass is 214 g/mol. The van der Waals surface area contributed by atoms with Crippen molar-refractivity contribution in [1.82, 2.24) is 0 Å². The predicted molar refractivity (Wildman–Crippen MR) is 71.6 cm³/mol. The summed E-state index contributed by atoms with van der Waals surface area (Å²) in [5.74, 6) is 7.77. The summed E-state index contributed by atoms with van der Waals surface area (Å²) in [5, 5.41) is 0. The molecule has 0 spiro atoms. The van der Waals surface area contributed by atoms with E-state index in [0.717, 1.165) is 0 Å². The van der Waals surface area contributed by atoms with E-state index in [1.165, 1.54) is 11.1 Å². The van der Waals surface area contributed by atoms with E-state index in [4.69, 9.17) is 0 Å². The van der Waals surface area contributed by atoms with E-state index < -0.39 is 0 Å². The van der Waals surface area contributed by atoms with Gasteiger partial charge in [-0.05, 0) is 29.9 Å². The first-order valence-electron chi connectivity index (χ1n) is 6.08. The molecule has 0 heteroatoms. The van der Waals surface area contributed by atoms with Crippen molar-refractivity contribution in [3.05, 3.63) is 35.4 Å². The van der Waals surface area contributed by atoms with Gasteiger partial charge >= 0.3 is 0 Å². The van der Waals surface area contributed by atoms with Gasteiger partial charge in [0.25, 0.3) is 0 Å². The maximum atomic E-state index is 3.23. The molecule has 0 aliphatic carbocycles. The highest BCUT2D eigenvalue weighted by Crippen LogP contribution is 2.25. The zero-order valence-corrected chi connectivity index (χ0v) is 11.0. The number of hydrogen-bond acceptors (Lipinski definition) is 0. The molecule has 1 aromatic rings. The van der Waals surface area contributed by atoms with Crippen LogP contribution in [0.3, 0.4) is 0 Å². The lowest BCUT2D eigenvalue weighted by molar-refractivity contribution is 0.609. The van der Waals surface area contributed by atoms with E-state index >= 15 is 0 Å². The van der Waals surface area contributed by atoms with Gasteiger partial charge in [0.2, 0.25) is 0 Å². The van der Waals surface area contributed by atoms with Gasteiger partial charge in [-0.15, -0.1) is 5.92 Å². The second-order valence-electron chi connectivity index (χ2n) is 4.79. The lowest BCUT2D eigenvalue weighted by atomic mass is 9.88. The number of rotatable bonds is 3. The molecule has 0 saturated heterocycles. The number of hydrogen-bond donors (Lipinski definition) is 0. The lowest BCUT2D eigenvalue weighted by Crippen LogP contribution is -2.04. The van der Waals surface area contributed by atoms with Crippen LogP contribution in [0.5, 0.6) is 0 Å². The highest BCUT2D eigenvalue weighted by molar-refractivity contribution is 5.28. The molecule has 0 aromatic heterocycles. The Balaban J connectivity index is 2.84. The average molecular weight is 214 g/mol. The maximum absolute atomic E-state index is 3.23. The van der Waals surface area contributed by atoms with Crippen LogP contribution >= 0.6 is 0 Å². The smallest absolute Gasteiger partial charge is 0.0240 e.